The summed E-state index contributed by atoms with van der Waals surface area (Å²) in [6.07, 6.45) is 28.5. The fraction of sp³-hybridized carbons (Fsp3) is 0.923. The predicted molar refractivity (Wildman–Crippen MR) is 187 cm³/mol. The van der Waals surface area contributed by atoms with Crippen molar-refractivity contribution in [2.75, 3.05) is 0 Å². The van der Waals surface area contributed by atoms with Crippen LogP contribution in [-0.2, 0) is 14.4 Å². The van der Waals surface area contributed by atoms with Crippen LogP contribution in [0.15, 0.2) is 0 Å². The zero-order valence-electron chi connectivity index (χ0n) is 29.7. The summed E-state index contributed by atoms with van der Waals surface area (Å²) >= 11 is 0. The monoisotopic (exact) mass is 630 g/mol. The lowest BCUT2D eigenvalue weighted by Gasteiger charge is -2.35. The summed E-state index contributed by atoms with van der Waals surface area (Å²) in [6, 6.07) is 0.570. The molecule has 6 unspecified atom stereocenters. The molecule has 45 heavy (non-hydrogen) atoms. The molecule has 3 fully saturated rings. The summed E-state index contributed by atoms with van der Waals surface area (Å²) in [5.41, 5.74) is 0. The number of carbonyl (C=O) groups excluding carboxylic acids is 3. The first-order valence-electron chi connectivity index (χ1n) is 19.8. The summed E-state index contributed by atoms with van der Waals surface area (Å²) in [5, 5.41) is 10.1. The number of hydrogen-bond acceptors (Lipinski definition) is 3. The van der Waals surface area contributed by atoms with E-state index in [1.807, 2.05) is 0 Å². The van der Waals surface area contributed by atoms with Crippen LogP contribution in [0.25, 0.3) is 0 Å². The fourth-order valence-corrected chi connectivity index (χ4v) is 8.74. The van der Waals surface area contributed by atoms with Crippen LogP contribution in [0.2, 0.25) is 0 Å². The summed E-state index contributed by atoms with van der Waals surface area (Å²) in [5.74, 6) is 0.780. The molecule has 0 spiro atoms. The minimum Gasteiger partial charge on any atom is -0.353 e. The highest BCUT2D eigenvalue weighted by Crippen LogP contribution is 2.32. The second-order valence-electron chi connectivity index (χ2n) is 15.2. The van der Waals surface area contributed by atoms with Crippen molar-refractivity contribution < 1.29 is 14.4 Å². The van der Waals surface area contributed by atoms with E-state index >= 15 is 0 Å². The van der Waals surface area contributed by atoms with Crippen LogP contribution in [0, 0.1) is 23.7 Å². The lowest BCUT2D eigenvalue weighted by atomic mass is 9.80. The van der Waals surface area contributed by atoms with Crippen LogP contribution < -0.4 is 16.0 Å². The molecule has 3 aliphatic rings. The van der Waals surface area contributed by atoms with Crippen molar-refractivity contribution in [2.45, 2.75) is 206 Å². The molecular weight excluding hydrogens is 558 g/mol. The Hall–Kier alpha value is -1.59. The minimum absolute atomic E-state index is 0.0476. The van der Waals surface area contributed by atoms with Crippen LogP contribution in [-0.4, -0.2) is 35.8 Å². The van der Waals surface area contributed by atoms with E-state index in [0.29, 0.717) is 17.8 Å². The Morgan fingerprint density at radius 1 is 0.489 bits per heavy atom. The number of unbranched alkanes of at least 4 members (excludes halogenated alkanes) is 6. The second-order valence-corrected chi connectivity index (χ2v) is 15.2. The average Bonchev–Trinajstić information content (AvgIpc) is 3.03. The summed E-state index contributed by atoms with van der Waals surface area (Å²) < 4.78 is 0. The highest BCUT2D eigenvalue weighted by Gasteiger charge is 2.34. The van der Waals surface area contributed by atoms with Crippen LogP contribution in [0.1, 0.15) is 188 Å². The normalized spacial score (nSPS) is 27.8. The average molecular weight is 630 g/mol. The van der Waals surface area contributed by atoms with Gasteiger partial charge in [0, 0.05) is 31.0 Å². The molecular formula is C39H71N3O3. The maximum Gasteiger partial charge on any atom is 0.224 e. The lowest BCUT2D eigenvalue weighted by Crippen LogP contribution is -2.48. The van der Waals surface area contributed by atoms with E-state index < -0.39 is 5.92 Å². The van der Waals surface area contributed by atoms with Crippen molar-refractivity contribution in [3.8, 4) is 0 Å². The highest BCUT2D eigenvalue weighted by atomic mass is 16.2. The Balaban J connectivity index is 1.66. The third-order valence-corrected chi connectivity index (χ3v) is 11.5. The van der Waals surface area contributed by atoms with E-state index in [0.717, 1.165) is 44.9 Å². The van der Waals surface area contributed by atoms with E-state index in [1.54, 1.807) is 0 Å². The Labute approximate surface area is 277 Å². The molecule has 0 heterocycles. The predicted octanol–water partition coefficient (Wildman–Crippen LogP) is 9.15. The van der Waals surface area contributed by atoms with E-state index in [-0.39, 0.29) is 48.7 Å². The number of rotatable bonds is 20. The molecule has 6 heteroatoms. The van der Waals surface area contributed by atoms with Gasteiger partial charge in [0.15, 0.2) is 0 Å². The van der Waals surface area contributed by atoms with Gasteiger partial charge in [0.1, 0.15) is 0 Å². The van der Waals surface area contributed by atoms with Gasteiger partial charge in [-0.25, -0.2) is 0 Å². The van der Waals surface area contributed by atoms with Gasteiger partial charge in [0.05, 0.1) is 5.92 Å². The van der Waals surface area contributed by atoms with Crippen molar-refractivity contribution in [2.24, 2.45) is 23.7 Å². The molecule has 3 amide bonds. The third-order valence-electron chi connectivity index (χ3n) is 11.5. The van der Waals surface area contributed by atoms with Crippen LogP contribution >= 0.6 is 0 Å². The molecule has 3 saturated carbocycles. The second kappa shape index (κ2) is 22.1. The first kappa shape index (κ1) is 37.9. The smallest absolute Gasteiger partial charge is 0.224 e. The van der Waals surface area contributed by atoms with Crippen LogP contribution in [0.5, 0.6) is 0 Å². The fourth-order valence-electron chi connectivity index (χ4n) is 8.74. The number of amides is 3. The molecule has 0 aliphatic heterocycles. The summed E-state index contributed by atoms with van der Waals surface area (Å²) in [6.45, 7) is 6.72. The summed E-state index contributed by atoms with van der Waals surface area (Å²) in [7, 11) is 0. The zero-order chi connectivity index (χ0) is 32.3. The lowest BCUT2D eigenvalue weighted by molar-refractivity contribution is -0.135. The van der Waals surface area contributed by atoms with Crippen LogP contribution in [0.3, 0.4) is 0 Å². The topological polar surface area (TPSA) is 87.3 Å². The maximum absolute atomic E-state index is 13.9. The first-order valence-corrected chi connectivity index (χ1v) is 19.8. The van der Waals surface area contributed by atoms with E-state index in [4.69, 9.17) is 0 Å². The van der Waals surface area contributed by atoms with E-state index in [9.17, 15) is 14.4 Å². The van der Waals surface area contributed by atoms with Gasteiger partial charge in [-0.05, 0) is 75.5 Å². The summed E-state index contributed by atoms with van der Waals surface area (Å²) in [4.78, 5) is 41.1. The molecule has 0 aromatic rings. The SMILES string of the molecule is CCCCCC1CCCCC1NC(=O)CC(CC(=O)NC1CCCCC1CCCCC)C(=O)NC1CCCCC1CCCCC. The molecule has 6 nitrogen and oxygen atoms in total. The molecule has 0 saturated heterocycles. The number of hydrogen-bond donors (Lipinski definition) is 3. The van der Waals surface area contributed by atoms with Gasteiger partial charge >= 0.3 is 0 Å². The van der Waals surface area contributed by atoms with Gasteiger partial charge in [-0.2, -0.15) is 0 Å². The van der Waals surface area contributed by atoms with Crippen molar-refractivity contribution in [1.29, 1.82) is 0 Å². The first-order chi connectivity index (χ1) is 21.9. The standard InChI is InChI=1S/C39H71N3O3/c1-4-7-10-19-30-22-13-16-25-34(30)40-37(43)28-33(39(45)42-36-27-18-15-24-32(36)21-12-9-6-3)29-38(44)41-35-26-17-14-23-31(35)20-11-8-5-2/h30-36H,4-29H2,1-3H3,(H,40,43)(H,41,44)(H,42,45). The van der Waals surface area contributed by atoms with Crippen molar-refractivity contribution in [3.63, 3.8) is 0 Å². The van der Waals surface area contributed by atoms with Crippen molar-refractivity contribution in [3.05, 3.63) is 0 Å². The zero-order valence-corrected chi connectivity index (χ0v) is 29.7. The van der Waals surface area contributed by atoms with Crippen molar-refractivity contribution >= 4 is 17.7 Å². The quantitative estimate of drug-likeness (QED) is 0.117. The highest BCUT2D eigenvalue weighted by molar-refractivity contribution is 5.90. The third kappa shape index (κ3) is 14.0. The molecule has 0 aromatic heterocycles. The van der Waals surface area contributed by atoms with Crippen molar-refractivity contribution in [1.82, 2.24) is 16.0 Å². The molecule has 3 aliphatic carbocycles. The molecule has 3 rings (SSSR count). The number of carbonyl (C=O) groups is 3. The largest absolute Gasteiger partial charge is 0.353 e. The van der Waals surface area contributed by atoms with E-state index in [1.165, 1.54) is 109 Å². The van der Waals surface area contributed by atoms with Gasteiger partial charge in [-0.15, -0.1) is 0 Å². The van der Waals surface area contributed by atoms with Gasteiger partial charge in [-0.1, -0.05) is 117 Å². The van der Waals surface area contributed by atoms with Gasteiger partial charge in [0.25, 0.3) is 0 Å². The van der Waals surface area contributed by atoms with Crippen LogP contribution in [0.4, 0.5) is 0 Å². The maximum atomic E-state index is 13.9. The van der Waals surface area contributed by atoms with Gasteiger partial charge in [0.2, 0.25) is 17.7 Å². The Kier molecular flexibility index (Phi) is 18.6. The molecule has 0 aromatic carbocycles. The molecule has 260 valence electrons. The molecule has 0 radical (unpaired) electrons. The van der Waals surface area contributed by atoms with E-state index in [2.05, 4.69) is 36.7 Å². The molecule has 6 atom stereocenters. The Morgan fingerprint density at radius 2 is 0.822 bits per heavy atom. The number of nitrogens with one attached hydrogen (secondary N) is 3. The minimum atomic E-state index is -0.618. The van der Waals surface area contributed by atoms with Gasteiger partial charge in [-0.3, -0.25) is 14.4 Å². The Bertz CT molecular complexity index is 801. The van der Waals surface area contributed by atoms with Gasteiger partial charge < -0.3 is 16.0 Å². The molecule has 3 N–H and O–H groups in total. The molecule has 0 bridgehead atoms. The Morgan fingerprint density at radius 3 is 1.18 bits per heavy atom.